The van der Waals surface area contributed by atoms with Crippen molar-refractivity contribution >= 4 is 17.1 Å². The van der Waals surface area contributed by atoms with Crippen LogP contribution >= 0.6 is 0 Å². The van der Waals surface area contributed by atoms with Crippen LogP contribution in [0, 0.1) is 5.41 Å². The lowest BCUT2D eigenvalue weighted by Crippen LogP contribution is -2.37. The quantitative estimate of drug-likeness (QED) is 0.811. The van der Waals surface area contributed by atoms with Crippen molar-refractivity contribution in [1.82, 2.24) is 9.21 Å². The molecular weight excluding hydrogens is 348 g/mol. The minimum atomic E-state index is -1.13. The van der Waals surface area contributed by atoms with Gasteiger partial charge in [-0.2, -0.15) is 0 Å². The highest BCUT2D eigenvalue weighted by Gasteiger charge is 2.47. The number of nitrogens with zero attached hydrogens (tertiary/aromatic N) is 2. The number of carbonyl (C=O) groups is 1. The highest BCUT2D eigenvalue weighted by Crippen LogP contribution is 2.50. The monoisotopic (exact) mass is 376 g/mol. The minimum Gasteiger partial charge on any atom is -0.450 e. The van der Waals surface area contributed by atoms with Crippen molar-refractivity contribution in [1.29, 1.82) is 0 Å². The Morgan fingerprint density at radius 1 is 1.35 bits per heavy atom. The van der Waals surface area contributed by atoms with Gasteiger partial charge in [0.1, 0.15) is 11.0 Å². The Hall–Kier alpha value is -1.40. The molecule has 2 aliphatic heterocycles. The second-order valence-electron chi connectivity index (χ2n) is 8.03. The molecule has 6 heteroatoms. The zero-order chi connectivity index (χ0) is 18.3. The van der Waals surface area contributed by atoms with Gasteiger partial charge >= 0.3 is 6.09 Å². The van der Waals surface area contributed by atoms with Crippen LogP contribution in [0.2, 0.25) is 0 Å². The largest absolute Gasteiger partial charge is 0.450 e. The highest BCUT2D eigenvalue weighted by molar-refractivity contribution is 7.82. The van der Waals surface area contributed by atoms with E-state index in [1.807, 2.05) is 19.1 Å². The maximum absolute atomic E-state index is 13.2. The number of benzene rings is 1. The third kappa shape index (κ3) is 3.18. The van der Waals surface area contributed by atoms with Crippen molar-refractivity contribution in [3.63, 3.8) is 0 Å². The topological polar surface area (TPSA) is 49.9 Å². The molecule has 1 aromatic rings. The van der Waals surface area contributed by atoms with Crippen molar-refractivity contribution < 1.29 is 13.7 Å². The zero-order valence-corrected chi connectivity index (χ0v) is 16.5. The molecule has 0 aromatic heterocycles. The number of hydrogen-bond donors (Lipinski definition) is 0. The van der Waals surface area contributed by atoms with Crippen LogP contribution in [0.25, 0.3) is 0 Å². The van der Waals surface area contributed by atoms with Crippen LogP contribution in [0.3, 0.4) is 0 Å². The molecule has 1 aromatic carbocycles. The highest BCUT2D eigenvalue weighted by atomic mass is 32.2. The molecule has 142 valence electrons. The first-order chi connectivity index (χ1) is 12.5. The van der Waals surface area contributed by atoms with Crippen LogP contribution < -0.4 is 0 Å². The van der Waals surface area contributed by atoms with Gasteiger partial charge in [-0.25, -0.2) is 13.3 Å². The summed E-state index contributed by atoms with van der Waals surface area (Å²) in [5.41, 5.74) is 2.76. The summed E-state index contributed by atoms with van der Waals surface area (Å²) in [6.07, 6.45) is 5.61. The molecular formula is C20H28N2O3S. The van der Waals surface area contributed by atoms with Gasteiger partial charge < -0.3 is 9.64 Å². The molecule has 0 N–H and O–H groups in total. The lowest BCUT2D eigenvalue weighted by atomic mass is 9.68. The first-order valence-corrected chi connectivity index (χ1v) is 10.8. The molecule has 1 saturated carbocycles. The van der Waals surface area contributed by atoms with Gasteiger partial charge in [0.25, 0.3) is 0 Å². The molecule has 1 aliphatic carbocycles. The number of rotatable bonds is 3. The van der Waals surface area contributed by atoms with E-state index in [0.717, 1.165) is 23.4 Å². The molecule has 2 atom stereocenters. The minimum absolute atomic E-state index is 0.259. The number of ether oxygens (including phenoxy) is 1. The Labute approximate surface area is 158 Å². The fourth-order valence-electron chi connectivity index (χ4n) is 4.69. The predicted octanol–water partition coefficient (Wildman–Crippen LogP) is 3.49. The zero-order valence-electron chi connectivity index (χ0n) is 15.7. The van der Waals surface area contributed by atoms with Gasteiger partial charge in [-0.15, -0.1) is 0 Å². The summed E-state index contributed by atoms with van der Waals surface area (Å²) < 4.78 is 20.5. The number of carbonyl (C=O) groups excluding carboxylic acids is 1. The third-order valence-electron chi connectivity index (χ3n) is 6.26. The fourth-order valence-corrected chi connectivity index (χ4v) is 6.18. The van der Waals surface area contributed by atoms with Crippen LogP contribution in [-0.2, 0) is 28.7 Å². The summed E-state index contributed by atoms with van der Waals surface area (Å²) in [5, 5.41) is 0. The van der Waals surface area contributed by atoms with E-state index in [4.69, 9.17) is 4.74 Å². The van der Waals surface area contributed by atoms with Gasteiger partial charge in [-0.3, -0.25) is 0 Å². The number of fused-ring (bicyclic) bond motifs is 1. The van der Waals surface area contributed by atoms with E-state index in [9.17, 15) is 9.00 Å². The standard InChI is InChI=1S/C20H28N2O3S/c1-3-25-19(23)21-10-7-16-5-6-18(11-17(16)13-21)26(24)22-14-20(8-4-9-20)12-15(22)2/h5-6,11,15H,3-4,7-10,12-14H2,1-2H3. The van der Waals surface area contributed by atoms with Crippen LogP contribution in [0.4, 0.5) is 4.79 Å². The van der Waals surface area contributed by atoms with Crippen LogP contribution in [0.1, 0.15) is 50.7 Å². The first-order valence-electron chi connectivity index (χ1n) is 9.73. The predicted molar refractivity (Wildman–Crippen MR) is 101 cm³/mol. The normalized spacial score (nSPS) is 25.6. The molecule has 5 nitrogen and oxygen atoms in total. The molecule has 2 unspecified atom stereocenters. The van der Waals surface area contributed by atoms with E-state index in [1.165, 1.54) is 31.2 Å². The van der Waals surface area contributed by atoms with E-state index in [2.05, 4.69) is 17.3 Å². The van der Waals surface area contributed by atoms with Gasteiger partial charge in [-0.1, -0.05) is 12.5 Å². The molecule has 1 spiro atoms. The SMILES string of the molecule is CCOC(=O)N1CCc2ccc(S(=O)N3CC4(CCC4)CC3C)cc2C1. The molecule has 0 bridgehead atoms. The van der Waals surface area contributed by atoms with E-state index in [-0.39, 0.29) is 6.09 Å². The van der Waals surface area contributed by atoms with E-state index in [0.29, 0.717) is 31.2 Å². The van der Waals surface area contributed by atoms with Crippen LogP contribution in [-0.4, -0.2) is 45.2 Å². The molecule has 2 fully saturated rings. The second-order valence-corrected chi connectivity index (χ2v) is 9.47. The summed E-state index contributed by atoms with van der Waals surface area (Å²) >= 11 is 0. The van der Waals surface area contributed by atoms with Gasteiger partial charge in [0.2, 0.25) is 0 Å². The lowest BCUT2D eigenvalue weighted by Gasteiger charge is -2.38. The van der Waals surface area contributed by atoms with Crippen molar-refractivity contribution in [2.45, 2.75) is 63.4 Å². The molecule has 2 heterocycles. The van der Waals surface area contributed by atoms with Crippen molar-refractivity contribution in [2.75, 3.05) is 19.7 Å². The number of hydrogen-bond acceptors (Lipinski definition) is 3. The van der Waals surface area contributed by atoms with Gasteiger partial charge in [-0.05, 0) is 68.2 Å². The Kier molecular flexibility index (Phi) is 4.82. The smallest absolute Gasteiger partial charge is 0.410 e. The van der Waals surface area contributed by atoms with E-state index in [1.54, 1.807) is 4.90 Å². The van der Waals surface area contributed by atoms with E-state index >= 15 is 0 Å². The Bertz CT molecular complexity index is 732. The molecule has 4 rings (SSSR count). The summed E-state index contributed by atoms with van der Waals surface area (Å²) in [6.45, 7) is 6.58. The van der Waals surface area contributed by atoms with Crippen molar-refractivity contribution in [2.24, 2.45) is 5.41 Å². The van der Waals surface area contributed by atoms with Gasteiger partial charge in [0, 0.05) is 25.7 Å². The summed E-state index contributed by atoms with van der Waals surface area (Å²) in [7, 11) is -1.13. The van der Waals surface area contributed by atoms with Crippen LogP contribution in [0.5, 0.6) is 0 Å². The van der Waals surface area contributed by atoms with Crippen LogP contribution in [0.15, 0.2) is 23.1 Å². The molecule has 3 aliphatic rings. The van der Waals surface area contributed by atoms with Crippen molar-refractivity contribution in [3.05, 3.63) is 29.3 Å². The third-order valence-corrected chi connectivity index (χ3v) is 7.83. The fraction of sp³-hybridized carbons (Fsp3) is 0.650. The molecule has 0 radical (unpaired) electrons. The second kappa shape index (κ2) is 6.97. The molecule has 1 amide bonds. The van der Waals surface area contributed by atoms with Crippen molar-refractivity contribution in [3.8, 4) is 0 Å². The summed E-state index contributed by atoms with van der Waals surface area (Å²) in [4.78, 5) is 14.6. The molecule has 26 heavy (non-hydrogen) atoms. The summed E-state index contributed by atoms with van der Waals surface area (Å²) in [6, 6.07) is 6.50. The maximum atomic E-state index is 13.2. The van der Waals surface area contributed by atoms with E-state index < -0.39 is 11.0 Å². The van der Waals surface area contributed by atoms with Gasteiger partial charge in [0.15, 0.2) is 0 Å². The average Bonchev–Trinajstić information content (AvgIpc) is 2.98. The summed E-state index contributed by atoms with van der Waals surface area (Å²) in [5.74, 6) is 0. The Morgan fingerprint density at radius 3 is 2.81 bits per heavy atom. The number of amides is 1. The molecule has 1 saturated heterocycles. The van der Waals surface area contributed by atoms with Gasteiger partial charge in [0.05, 0.1) is 11.5 Å². The maximum Gasteiger partial charge on any atom is 0.410 e. The average molecular weight is 377 g/mol. The lowest BCUT2D eigenvalue weighted by molar-refractivity contribution is 0.102. The Morgan fingerprint density at radius 2 is 2.15 bits per heavy atom. The Balaban J connectivity index is 1.51. The first kappa shape index (κ1) is 18.0.